The predicted octanol–water partition coefficient (Wildman–Crippen LogP) is 3.18. The molecule has 0 bridgehead atoms. The molecule has 0 saturated heterocycles. The van der Waals surface area contributed by atoms with Crippen LogP contribution in [0.1, 0.15) is 22.8 Å². The maximum atomic E-state index is 13.6. The zero-order chi connectivity index (χ0) is 14.5. The minimum Gasteiger partial charge on any atom is -0.478 e. The van der Waals surface area contributed by atoms with Gasteiger partial charge in [0.2, 0.25) is 5.88 Å². The van der Waals surface area contributed by atoms with Crippen LogP contribution in [0.3, 0.4) is 0 Å². The molecule has 1 aromatic carbocycles. The normalized spacial score (nSPS) is 10.2. The minimum atomic E-state index is -0.549. The van der Waals surface area contributed by atoms with Crippen LogP contribution in [0, 0.1) is 12.7 Å². The highest BCUT2D eigenvalue weighted by molar-refractivity contribution is 6.04. The van der Waals surface area contributed by atoms with E-state index in [1.165, 1.54) is 18.3 Å². The second-order valence-corrected chi connectivity index (χ2v) is 4.26. The van der Waals surface area contributed by atoms with Crippen LogP contribution in [-0.4, -0.2) is 17.5 Å². The van der Waals surface area contributed by atoms with Crippen molar-refractivity contribution in [2.75, 3.05) is 11.9 Å². The number of halogens is 1. The van der Waals surface area contributed by atoms with E-state index in [1.54, 1.807) is 25.1 Å². The number of pyridine rings is 1. The van der Waals surface area contributed by atoms with Gasteiger partial charge in [-0.3, -0.25) is 4.79 Å². The van der Waals surface area contributed by atoms with Gasteiger partial charge in [0, 0.05) is 6.07 Å². The van der Waals surface area contributed by atoms with Gasteiger partial charge in [0.1, 0.15) is 5.82 Å². The number of aromatic nitrogens is 1. The topological polar surface area (TPSA) is 51.2 Å². The van der Waals surface area contributed by atoms with Crippen LogP contribution >= 0.6 is 0 Å². The Hall–Kier alpha value is -2.43. The Kier molecular flexibility index (Phi) is 4.30. The Morgan fingerprint density at radius 1 is 1.35 bits per heavy atom. The number of amides is 1. The lowest BCUT2D eigenvalue weighted by atomic mass is 10.1. The fourth-order valence-corrected chi connectivity index (χ4v) is 1.70. The monoisotopic (exact) mass is 274 g/mol. The van der Waals surface area contributed by atoms with Gasteiger partial charge in [-0.1, -0.05) is 11.6 Å². The summed E-state index contributed by atoms with van der Waals surface area (Å²) in [5.74, 6) is -0.573. The van der Waals surface area contributed by atoms with E-state index < -0.39 is 11.7 Å². The molecule has 0 atom stereocenters. The molecule has 0 unspecified atom stereocenters. The van der Waals surface area contributed by atoms with Gasteiger partial charge >= 0.3 is 0 Å². The van der Waals surface area contributed by atoms with Gasteiger partial charge in [-0.25, -0.2) is 9.37 Å². The first-order chi connectivity index (χ1) is 9.60. The smallest absolute Gasteiger partial charge is 0.258 e. The fourth-order valence-electron chi connectivity index (χ4n) is 1.70. The zero-order valence-corrected chi connectivity index (χ0v) is 11.3. The van der Waals surface area contributed by atoms with Crippen LogP contribution in [-0.2, 0) is 0 Å². The number of hydrogen-bond acceptors (Lipinski definition) is 3. The highest BCUT2D eigenvalue weighted by atomic mass is 19.1. The minimum absolute atomic E-state index is 0.0129. The summed E-state index contributed by atoms with van der Waals surface area (Å²) in [5, 5.41) is 2.60. The molecule has 104 valence electrons. The molecule has 5 heteroatoms. The Balaban J connectivity index is 2.13. The van der Waals surface area contributed by atoms with Gasteiger partial charge in [-0.05, 0) is 32.0 Å². The van der Waals surface area contributed by atoms with Crippen molar-refractivity contribution in [3.63, 3.8) is 0 Å². The van der Waals surface area contributed by atoms with Gasteiger partial charge in [-0.2, -0.15) is 0 Å². The molecule has 2 aromatic rings. The van der Waals surface area contributed by atoms with Crippen LogP contribution in [0.4, 0.5) is 10.1 Å². The number of rotatable bonds is 4. The maximum Gasteiger partial charge on any atom is 0.258 e. The number of nitrogens with one attached hydrogen (secondary N) is 1. The number of carbonyl (C=O) groups is 1. The van der Waals surface area contributed by atoms with E-state index in [9.17, 15) is 9.18 Å². The lowest BCUT2D eigenvalue weighted by Crippen LogP contribution is -2.14. The van der Waals surface area contributed by atoms with Crippen LogP contribution in [0.15, 0.2) is 36.5 Å². The average Bonchev–Trinajstić information content (AvgIpc) is 2.44. The summed E-state index contributed by atoms with van der Waals surface area (Å²) in [4.78, 5) is 16.0. The second-order valence-electron chi connectivity index (χ2n) is 4.26. The van der Waals surface area contributed by atoms with Crippen molar-refractivity contribution in [2.24, 2.45) is 0 Å². The van der Waals surface area contributed by atoms with Crippen LogP contribution in [0.25, 0.3) is 0 Å². The summed E-state index contributed by atoms with van der Waals surface area (Å²) in [7, 11) is 0. The van der Waals surface area contributed by atoms with Gasteiger partial charge in [-0.15, -0.1) is 0 Å². The third-order valence-corrected chi connectivity index (χ3v) is 2.65. The molecule has 0 aliphatic rings. The van der Waals surface area contributed by atoms with E-state index in [-0.39, 0.29) is 5.56 Å². The van der Waals surface area contributed by atoms with Crippen molar-refractivity contribution in [3.05, 3.63) is 53.5 Å². The maximum absolute atomic E-state index is 13.6. The molecule has 4 nitrogen and oxygen atoms in total. The first-order valence-electron chi connectivity index (χ1n) is 6.26. The SMILES string of the molecule is CCOc1ccc(NC(=O)c2cc(C)ccc2F)cn1. The first-order valence-corrected chi connectivity index (χ1v) is 6.26. The van der Waals surface area contributed by atoms with Gasteiger partial charge < -0.3 is 10.1 Å². The summed E-state index contributed by atoms with van der Waals surface area (Å²) >= 11 is 0. The molecule has 1 amide bonds. The van der Waals surface area contributed by atoms with Crippen molar-refractivity contribution in [1.82, 2.24) is 4.98 Å². The molecule has 2 rings (SSSR count). The van der Waals surface area contributed by atoms with E-state index in [4.69, 9.17) is 4.74 Å². The molecule has 0 spiro atoms. The van der Waals surface area contributed by atoms with E-state index in [2.05, 4.69) is 10.3 Å². The quantitative estimate of drug-likeness (QED) is 0.931. The predicted molar refractivity (Wildman–Crippen MR) is 74.5 cm³/mol. The molecular formula is C15H15FN2O2. The summed E-state index contributed by atoms with van der Waals surface area (Å²) < 4.78 is 18.8. The standard InChI is InChI=1S/C15H15FN2O2/c1-3-20-14-7-5-11(9-17-14)18-15(19)12-8-10(2)4-6-13(12)16/h4-9H,3H2,1-2H3,(H,18,19). The summed E-state index contributed by atoms with van der Waals surface area (Å²) in [6.07, 6.45) is 1.47. The Bertz CT molecular complexity index is 612. The lowest BCUT2D eigenvalue weighted by molar-refractivity contribution is 0.102. The van der Waals surface area contributed by atoms with Crippen LogP contribution in [0.2, 0.25) is 0 Å². The number of hydrogen-bond donors (Lipinski definition) is 1. The largest absolute Gasteiger partial charge is 0.478 e. The number of carbonyl (C=O) groups excluding carboxylic acids is 1. The molecule has 1 heterocycles. The van der Waals surface area contributed by atoms with Crippen LogP contribution in [0.5, 0.6) is 5.88 Å². The molecule has 0 fully saturated rings. The van der Waals surface area contributed by atoms with Gasteiger partial charge in [0.05, 0.1) is 24.1 Å². The van der Waals surface area contributed by atoms with E-state index in [0.717, 1.165) is 5.56 Å². The molecule has 0 aliphatic heterocycles. The second kappa shape index (κ2) is 6.14. The average molecular weight is 274 g/mol. The van der Waals surface area contributed by atoms with E-state index in [1.807, 2.05) is 6.92 Å². The van der Waals surface area contributed by atoms with Crippen molar-refractivity contribution in [2.45, 2.75) is 13.8 Å². The number of anilines is 1. The lowest BCUT2D eigenvalue weighted by Gasteiger charge is -2.07. The fraction of sp³-hybridized carbons (Fsp3) is 0.200. The Labute approximate surface area is 116 Å². The molecule has 0 saturated carbocycles. The number of benzene rings is 1. The number of nitrogens with zero attached hydrogens (tertiary/aromatic N) is 1. The molecule has 0 aliphatic carbocycles. The van der Waals surface area contributed by atoms with Crippen molar-refractivity contribution in [1.29, 1.82) is 0 Å². The van der Waals surface area contributed by atoms with Gasteiger partial charge in [0.15, 0.2) is 0 Å². The highest BCUT2D eigenvalue weighted by Gasteiger charge is 2.12. The highest BCUT2D eigenvalue weighted by Crippen LogP contribution is 2.15. The first kappa shape index (κ1) is 14.0. The number of ether oxygens (including phenoxy) is 1. The van der Waals surface area contributed by atoms with E-state index >= 15 is 0 Å². The summed E-state index contributed by atoms with van der Waals surface area (Å²) in [6.45, 7) is 4.18. The molecule has 20 heavy (non-hydrogen) atoms. The van der Waals surface area contributed by atoms with Gasteiger partial charge in [0.25, 0.3) is 5.91 Å². The van der Waals surface area contributed by atoms with E-state index in [0.29, 0.717) is 18.2 Å². The van der Waals surface area contributed by atoms with Crippen molar-refractivity contribution in [3.8, 4) is 5.88 Å². The third kappa shape index (κ3) is 3.32. The molecule has 0 radical (unpaired) electrons. The summed E-state index contributed by atoms with van der Waals surface area (Å²) in [6, 6.07) is 7.70. The summed E-state index contributed by atoms with van der Waals surface area (Å²) in [5.41, 5.74) is 1.32. The zero-order valence-electron chi connectivity index (χ0n) is 11.3. The Morgan fingerprint density at radius 3 is 2.80 bits per heavy atom. The molecule has 1 aromatic heterocycles. The van der Waals surface area contributed by atoms with Crippen molar-refractivity contribution >= 4 is 11.6 Å². The van der Waals surface area contributed by atoms with Crippen LogP contribution < -0.4 is 10.1 Å². The molecule has 1 N–H and O–H groups in total. The Morgan fingerprint density at radius 2 is 2.15 bits per heavy atom. The number of aryl methyl sites for hydroxylation is 1. The molecular weight excluding hydrogens is 259 g/mol. The van der Waals surface area contributed by atoms with Crippen molar-refractivity contribution < 1.29 is 13.9 Å². The third-order valence-electron chi connectivity index (χ3n) is 2.65.